The molecular weight excluding hydrogens is 382 g/mol. The number of carbonyl (C=O) groups excluding carboxylic acids is 1. The van der Waals surface area contributed by atoms with Gasteiger partial charge >= 0.3 is 0 Å². The number of rotatable bonds is 3. The van der Waals surface area contributed by atoms with E-state index in [1.54, 1.807) is 23.7 Å². The van der Waals surface area contributed by atoms with Crippen molar-refractivity contribution >= 4 is 53.1 Å². The molecule has 0 N–H and O–H groups in total. The fourth-order valence-electron chi connectivity index (χ4n) is 3.03. The van der Waals surface area contributed by atoms with Crippen molar-refractivity contribution in [2.75, 3.05) is 19.0 Å². The second-order valence-electron chi connectivity index (χ2n) is 6.40. The monoisotopic (exact) mass is 401 g/mol. The highest BCUT2D eigenvalue weighted by Crippen LogP contribution is 2.55. The van der Waals surface area contributed by atoms with Crippen LogP contribution in [0.3, 0.4) is 0 Å². The lowest BCUT2D eigenvalue weighted by molar-refractivity contribution is -0.118. The Labute approximate surface area is 167 Å². The van der Waals surface area contributed by atoms with Gasteiger partial charge in [0.05, 0.1) is 6.04 Å². The molecule has 0 saturated carbocycles. The fourth-order valence-corrected chi connectivity index (χ4v) is 6.28. The molecule has 2 heterocycles. The predicted molar refractivity (Wildman–Crippen MR) is 115 cm³/mol. The van der Waals surface area contributed by atoms with Crippen molar-refractivity contribution in [3.63, 3.8) is 0 Å². The Morgan fingerprint density at radius 1 is 1.04 bits per heavy atom. The molecule has 7 heteroatoms. The standard InChI is InChI=1S/C19H19N3OS3/c1-21(2)14-10-8-12(9-11-14)15-16(24)17(23)20-19-22(15)26-18(25-19)13-6-4-3-5-7-13/h3-11,15-16,18,24H,1-2H3/t15-,16+,18+/m1/s1. The van der Waals surface area contributed by atoms with Crippen LogP contribution in [0.2, 0.25) is 0 Å². The van der Waals surface area contributed by atoms with Crippen LogP contribution in [0.1, 0.15) is 21.8 Å². The third kappa shape index (κ3) is 3.23. The minimum absolute atomic E-state index is 0.124. The highest BCUT2D eigenvalue weighted by Gasteiger charge is 2.44. The van der Waals surface area contributed by atoms with E-state index < -0.39 is 5.25 Å². The number of hydrogen-bond donors (Lipinski definition) is 1. The maximum absolute atomic E-state index is 12.4. The molecule has 26 heavy (non-hydrogen) atoms. The summed E-state index contributed by atoms with van der Waals surface area (Å²) in [4.78, 5) is 18.8. The van der Waals surface area contributed by atoms with E-state index in [9.17, 15) is 4.79 Å². The van der Waals surface area contributed by atoms with Gasteiger partial charge in [-0.1, -0.05) is 54.2 Å². The van der Waals surface area contributed by atoms with Crippen LogP contribution in [-0.2, 0) is 4.79 Å². The van der Waals surface area contributed by atoms with Crippen LogP contribution in [0, 0.1) is 0 Å². The maximum atomic E-state index is 12.4. The van der Waals surface area contributed by atoms with E-state index in [1.807, 2.05) is 32.3 Å². The van der Waals surface area contributed by atoms with Gasteiger partial charge < -0.3 is 4.90 Å². The van der Waals surface area contributed by atoms with Gasteiger partial charge in [0.25, 0.3) is 5.91 Å². The molecule has 2 aromatic rings. The van der Waals surface area contributed by atoms with E-state index in [4.69, 9.17) is 0 Å². The Morgan fingerprint density at radius 2 is 1.73 bits per heavy atom. The van der Waals surface area contributed by atoms with Gasteiger partial charge in [0.1, 0.15) is 9.83 Å². The average molecular weight is 402 g/mol. The van der Waals surface area contributed by atoms with Gasteiger partial charge in [-0.2, -0.15) is 17.6 Å². The van der Waals surface area contributed by atoms with Crippen molar-refractivity contribution in [3.8, 4) is 0 Å². The molecule has 0 unspecified atom stereocenters. The second kappa shape index (κ2) is 7.21. The summed E-state index contributed by atoms with van der Waals surface area (Å²) in [6, 6.07) is 18.5. The van der Waals surface area contributed by atoms with Crippen LogP contribution in [0.15, 0.2) is 59.6 Å². The van der Waals surface area contributed by atoms with Gasteiger partial charge in [-0.15, -0.1) is 0 Å². The molecule has 4 nitrogen and oxygen atoms in total. The topological polar surface area (TPSA) is 35.9 Å². The van der Waals surface area contributed by atoms with Crippen LogP contribution in [-0.4, -0.2) is 34.7 Å². The van der Waals surface area contributed by atoms with Gasteiger partial charge in [-0.05, 0) is 35.2 Å². The molecular formula is C19H19N3OS3. The first-order valence-electron chi connectivity index (χ1n) is 8.30. The van der Waals surface area contributed by atoms with Gasteiger partial charge in [0, 0.05) is 19.8 Å². The molecule has 134 valence electrons. The number of fused-ring (bicyclic) bond motifs is 1. The smallest absolute Gasteiger partial charge is 0.263 e. The number of benzene rings is 2. The molecule has 2 aliphatic rings. The van der Waals surface area contributed by atoms with Crippen molar-refractivity contribution in [1.82, 2.24) is 4.31 Å². The number of nitrogens with zero attached hydrogens (tertiary/aromatic N) is 3. The minimum atomic E-state index is -0.466. The number of anilines is 1. The molecule has 0 bridgehead atoms. The Bertz CT molecular complexity index is 839. The van der Waals surface area contributed by atoms with E-state index in [1.165, 1.54) is 5.56 Å². The first kappa shape index (κ1) is 17.8. The average Bonchev–Trinajstić information content (AvgIpc) is 3.07. The maximum Gasteiger partial charge on any atom is 0.263 e. The molecule has 0 spiro atoms. The summed E-state index contributed by atoms with van der Waals surface area (Å²) in [5.41, 5.74) is 3.44. The van der Waals surface area contributed by atoms with Crippen molar-refractivity contribution in [2.24, 2.45) is 4.99 Å². The zero-order chi connectivity index (χ0) is 18.3. The summed E-state index contributed by atoms with van der Waals surface area (Å²) in [7, 11) is 4.03. The molecule has 0 radical (unpaired) electrons. The van der Waals surface area contributed by atoms with E-state index in [2.05, 4.69) is 63.2 Å². The summed E-state index contributed by atoms with van der Waals surface area (Å²) in [6.07, 6.45) is 0. The molecule has 1 saturated heterocycles. The van der Waals surface area contributed by atoms with Crippen molar-refractivity contribution in [2.45, 2.75) is 15.9 Å². The number of thioether (sulfide) groups is 1. The third-order valence-electron chi connectivity index (χ3n) is 4.44. The van der Waals surface area contributed by atoms with Crippen molar-refractivity contribution in [1.29, 1.82) is 0 Å². The number of thiol groups is 1. The van der Waals surface area contributed by atoms with Crippen LogP contribution >= 0.6 is 36.3 Å². The van der Waals surface area contributed by atoms with E-state index in [-0.39, 0.29) is 16.5 Å². The van der Waals surface area contributed by atoms with Gasteiger partial charge in [0.15, 0.2) is 5.17 Å². The summed E-state index contributed by atoms with van der Waals surface area (Å²) < 4.78 is 2.36. The van der Waals surface area contributed by atoms with Crippen molar-refractivity contribution in [3.05, 3.63) is 65.7 Å². The van der Waals surface area contributed by atoms with Crippen LogP contribution in [0.4, 0.5) is 5.69 Å². The van der Waals surface area contributed by atoms with E-state index >= 15 is 0 Å². The highest BCUT2D eigenvalue weighted by atomic mass is 32.2. The fraction of sp³-hybridized carbons (Fsp3) is 0.263. The molecule has 2 aromatic carbocycles. The summed E-state index contributed by atoms with van der Waals surface area (Å²) in [5, 5.41) is 0.312. The number of aliphatic imine (C=N–C) groups is 1. The number of hydrogen-bond acceptors (Lipinski definition) is 6. The molecule has 0 aliphatic carbocycles. The first-order valence-corrected chi connectivity index (χ1v) is 10.5. The normalized spacial score (nSPS) is 25.0. The van der Waals surface area contributed by atoms with Crippen LogP contribution < -0.4 is 4.90 Å². The lowest BCUT2D eigenvalue weighted by Crippen LogP contribution is -2.39. The van der Waals surface area contributed by atoms with Gasteiger partial charge in [-0.25, -0.2) is 0 Å². The van der Waals surface area contributed by atoms with E-state index in [0.29, 0.717) is 0 Å². The number of carbonyl (C=O) groups is 1. The molecule has 2 aliphatic heterocycles. The summed E-state index contributed by atoms with van der Waals surface area (Å²) >= 11 is 7.95. The quantitative estimate of drug-likeness (QED) is 0.610. The minimum Gasteiger partial charge on any atom is -0.378 e. The Hall–Kier alpha value is -1.57. The predicted octanol–water partition coefficient (Wildman–Crippen LogP) is 4.38. The first-order chi connectivity index (χ1) is 12.5. The molecule has 4 rings (SSSR count). The largest absolute Gasteiger partial charge is 0.378 e. The SMILES string of the molecule is CN(C)c1ccc([C@@H]2[C@H](S)C(=O)N=C3S[C@H](c4ccccc4)SN32)cc1. The van der Waals surface area contributed by atoms with Crippen molar-refractivity contribution < 1.29 is 4.79 Å². The van der Waals surface area contributed by atoms with Crippen LogP contribution in [0.5, 0.6) is 0 Å². The Kier molecular flexibility index (Phi) is 4.94. The van der Waals surface area contributed by atoms with Crippen LogP contribution in [0.25, 0.3) is 0 Å². The third-order valence-corrected chi connectivity index (χ3v) is 7.69. The summed E-state index contributed by atoms with van der Waals surface area (Å²) in [5.74, 6) is -0.164. The Balaban J connectivity index is 1.66. The number of amidine groups is 1. The highest BCUT2D eigenvalue weighted by molar-refractivity contribution is 8.28. The van der Waals surface area contributed by atoms with Gasteiger partial charge in [0.2, 0.25) is 0 Å². The number of amides is 1. The lowest BCUT2D eigenvalue weighted by Gasteiger charge is -2.34. The summed E-state index contributed by atoms with van der Waals surface area (Å²) in [6.45, 7) is 0. The second-order valence-corrected chi connectivity index (χ2v) is 9.40. The van der Waals surface area contributed by atoms with E-state index in [0.717, 1.165) is 16.4 Å². The molecule has 1 fully saturated rings. The zero-order valence-electron chi connectivity index (χ0n) is 14.4. The van der Waals surface area contributed by atoms with Gasteiger partial charge in [-0.3, -0.25) is 9.10 Å². The molecule has 1 amide bonds. The molecule has 0 aromatic heterocycles. The zero-order valence-corrected chi connectivity index (χ0v) is 17.0. The lowest BCUT2D eigenvalue weighted by atomic mass is 10.0. The molecule has 3 atom stereocenters. The Morgan fingerprint density at radius 3 is 2.38 bits per heavy atom.